The first kappa shape index (κ1) is 28.1. The number of nitrogen functional groups attached to an aromatic ring is 2. The van der Waals surface area contributed by atoms with E-state index in [0.717, 1.165) is 16.2 Å². The fourth-order valence-corrected chi connectivity index (χ4v) is 7.02. The van der Waals surface area contributed by atoms with Crippen LogP contribution in [0, 0.1) is 0 Å². The second-order valence-electron chi connectivity index (χ2n) is 8.54. The second kappa shape index (κ2) is 11.2. The number of thiazole rings is 1. The molecule has 0 saturated carbocycles. The van der Waals surface area contributed by atoms with Crippen LogP contribution in [-0.4, -0.2) is 88.6 Å². The Bertz CT molecular complexity index is 1650. The molecule has 41 heavy (non-hydrogen) atoms. The Hall–Kier alpha value is -4.43. The Kier molecular flexibility index (Phi) is 7.69. The standard InChI is InChI=1S/C21H20N10O7S3/c1-29-7-24-31-11(29)2-10(22)26-21(31)41-5-8-4-39-18-14(17(35)30(18)15(8)19(36)37)27-16(34)13(28-38-3-12(32)33)9-6-40-20(23)25-9/h2,6-7,14,18,22H,3-5H2,1H3,(H5,23,25,27,32,33,34,36,37)/b28-13-/t14?,18-/m1/s1. The van der Waals surface area contributed by atoms with Gasteiger partial charge in [-0.3, -0.25) is 14.5 Å². The molecular weight excluding hydrogens is 600 g/mol. The van der Waals surface area contributed by atoms with Crippen molar-refractivity contribution in [1.82, 2.24) is 29.8 Å². The lowest BCUT2D eigenvalue weighted by Crippen LogP contribution is -2.71. The van der Waals surface area contributed by atoms with E-state index in [2.05, 4.69) is 25.5 Å². The zero-order valence-corrected chi connectivity index (χ0v) is 23.4. The SMILES string of the molecule is C[n+]1cnn2c(SCC3=C(C(=O)[O-])N4C(=O)C(NC(=O)/C(=N\OCC(=O)O)c5csc(N)n5)[C@H]4SC3)nc(N)cc21. The minimum absolute atomic E-state index is 0.0139. The van der Waals surface area contributed by atoms with E-state index < -0.39 is 47.5 Å². The van der Waals surface area contributed by atoms with Crippen LogP contribution in [0.15, 0.2) is 39.4 Å². The molecule has 1 saturated heterocycles. The predicted molar refractivity (Wildman–Crippen MR) is 143 cm³/mol. The largest absolute Gasteiger partial charge is 0.543 e. The summed E-state index contributed by atoms with van der Waals surface area (Å²) >= 11 is 3.46. The minimum atomic E-state index is -1.54. The summed E-state index contributed by atoms with van der Waals surface area (Å²) in [6.07, 6.45) is 1.58. The molecule has 5 heterocycles. The average molecular weight is 621 g/mol. The topological polar surface area (TPSA) is 247 Å². The summed E-state index contributed by atoms with van der Waals surface area (Å²) < 4.78 is 3.31. The number of aromatic nitrogens is 5. The lowest BCUT2D eigenvalue weighted by molar-refractivity contribution is -0.646. The number of carbonyl (C=O) groups excluding carboxylic acids is 3. The van der Waals surface area contributed by atoms with Gasteiger partial charge in [0.2, 0.25) is 6.61 Å². The molecule has 2 atom stereocenters. The molecular formula is C21H20N10O7S3. The number of anilines is 2. The van der Waals surface area contributed by atoms with Crippen molar-refractivity contribution in [3.05, 3.63) is 34.7 Å². The number of β-lactam (4-membered cyclic amide) rings is 1. The molecule has 214 valence electrons. The third-order valence-corrected chi connectivity index (χ3v) is 8.86. The molecule has 1 unspecified atom stereocenters. The van der Waals surface area contributed by atoms with E-state index in [4.69, 9.17) is 21.4 Å². The van der Waals surface area contributed by atoms with E-state index >= 15 is 0 Å². The van der Waals surface area contributed by atoms with Gasteiger partial charge < -0.3 is 36.6 Å². The summed E-state index contributed by atoms with van der Waals surface area (Å²) in [6.45, 7) is -0.818. The Balaban J connectivity index is 1.33. The van der Waals surface area contributed by atoms with Crippen molar-refractivity contribution in [3.8, 4) is 0 Å². The highest BCUT2D eigenvalue weighted by Crippen LogP contribution is 2.41. The first-order chi connectivity index (χ1) is 19.5. The number of carboxylic acids is 2. The van der Waals surface area contributed by atoms with Crippen LogP contribution in [-0.2, 0) is 31.1 Å². The van der Waals surface area contributed by atoms with Gasteiger partial charge in [0.15, 0.2) is 10.8 Å². The Labute approximate surface area is 242 Å². The number of aliphatic carboxylic acids is 2. The second-order valence-corrected chi connectivity index (χ2v) is 11.5. The van der Waals surface area contributed by atoms with Crippen molar-refractivity contribution in [2.75, 3.05) is 29.6 Å². The highest BCUT2D eigenvalue weighted by atomic mass is 32.2. The predicted octanol–water partition coefficient (Wildman–Crippen LogP) is -2.82. The number of nitrogens with zero attached hydrogens (tertiary/aromatic N) is 7. The highest BCUT2D eigenvalue weighted by Gasteiger charge is 2.53. The van der Waals surface area contributed by atoms with Gasteiger partial charge >= 0.3 is 5.97 Å². The number of carbonyl (C=O) groups is 4. The summed E-state index contributed by atoms with van der Waals surface area (Å²) in [6, 6.07) is 0.547. The van der Waals surface area contributed by atoms with Crippen LogP contribution >= 0.6 is 34.9 Å². The first-order valence-corrected chi connectivity index (χ1v) is 14.4. The number of hydrogen-bond acceptors (Lipinski definition) is 15. The number of carboxylic acid groups (broad SMARTS) is 2. The molecule has 0 aliphatic carbocycles. The van der Waals surface area contributed by atoms with Crippen molar-refractivity contribution in [1.29, 1.82) is 0 Å². The normalized spacial score (nSPS) is 18.7. The van der Waals surface area contributed by atoms with Crippen LogP contribution in [0.25, 0.3) is 5.65 Å². The summed E-state index contributed by atoms with van der Waals surface area (Å²) in [5, 5.41) is 32.5. The molecule has 0 aromatic carbocycles. The van der Waals surface area contributed by atoms with Gasteiger partial charge in [0.25, 0.3) is 28.9 Å². The number of oxime groups is 1. The third kappa shape index (κ3) is 5.47. The van der Waals surface area contributed by atoms with E-state index in [1.54, 1.807) is 28.5 Å². The van der Waals surface area contributed by atoms with Gasteiger partial charge in [-0.15, -0.1) is 23.1 Å². The number of thioether (sulfide) groups is 2. The van der Waals surface area contributed by atoms with E-state index in [1.807, 2.05) is 0 Å². The molecule has 17 nitrogen and oxygen atoms in total. The average Bonchev–Trinajstić information content (AvgIpc) is 3.52. The maximum Gasteiger partial charge on any atom is 0.344 e. The Morgan fingerprint density at radius 1 is 1.37 bits per heavy atom. The summed E-state index contributed by atoms with van der Waals surface area (Å²) in [5.74, 6) is -3.78. The van der Waals surface area contributed by atoms with Crippen LogP contribution in [0.2, 0.25) is 0 Å². The van der Waals surface area contributed by atoms with Gasteiger partial charge in [-0.2, -0.15) is 4.98 Å². The van der Waals surface area contributed by atoms with Crippen LogP contribution in [0.4, 0.5) is 10.9 Å². The van der Waals surface area contributed by atoms with E-state index in [1.165, 1.54) is 28.9 Å². The molecule has 6 N–H and O–H groups in total. The van der Waals surface area contributed by atoms with Gasteiger partial charge in [0.1, 0.15) is 22.9 Å². The fraction of sp³-hybridized carbons (Fsp3) is 0.286. The lowest BCUT2D eigenvalue weighted by atomic mass is 10.0. The fourth-order valence-electron chi connectivity index (χ4n) is 4.02. The van der Waals surface area contributed by atoms with Gasteiger partial charge in [0, 0.05) is 22.0 Å². The molecule has 3 aromatic heterocycles. The zero-order chi connectivity index (χ0) is 29.4. The number of fused-ring (bicyclic) bond motifs is 2. The maximum atomic E-state index is 13.1. The zero-order valence-electron chi connectivity index (χ0n) is 20.9. The number of nitrogens with two attached hydrogens (primary N) is 2. The number of aryl methyl sites for hydroxylation is 1. The highest BCUT2D eigenvalue weighted by molar-refractivity contribution is 8.01. The maximum absolute atomic E-state index is 13.1. The van der Waals surface area contributed by atoms with Gasteiger partial charge in [-0.1, -0.05) is 16.9 Å². The van der Waals surface area contributed by atoms with Crippen LogP contribution < -0.4 is 26.5 Å². The molecule has 2 aliphatic heterocycles. The van der Waals surface area contributed by atoms with Crippen molar-refractivity contribution in [2.45, 2.75) is 16.6 Å². The van der Waals surface area contributed by atoms with E-state index in [9.17, 15) is 24.3 Å². The Morgan fingerprint density at radius 3 is 2.83 bits per heavy atom. The quantitative estimate of drug-likeness (QED) is 0.0446. The minimum Gasteiger partial charge on any atom is -0.543 e. The first-order valence-electron chi connectivity index (χ1n) is 11.5. The van der Waals surface area contributed by atoms with Gasteiger partial charge in [-0.05, 0) is 10.1 Å². The number of amides is 2. The summed E-state index contributed by atoms with van der Waals surface area (Å²) in [4.78, 5) is 63.1. The summed E-state index contributed by atoms with van der Waals surface area (Å²) in [7, 11) is 1.79. The monoisotopic (exact) mass is 620 g/mol. The molecule has 0 spiro atoms. The molecule has 0 radical (unpaired) electrons. The van der Waals surface area contributed by atoms with E-state index in [-0.39, 0.29) is 33.8 Å². The van der Waals surface area contributed by atoms with Gasteiger partial charge in [-0.25, -0.2) is 14.3 Å². The molecule has 20 heteroatoms. The molecule has 1 fully saturated rings. The van der Waals surface area contributed by atoms with Crippen molar-refractivity contribution in [3.63, 3.8) is 0 Å². The van der Waals surface area contributed by atoms with Crippen LogP contribution in [0.5, 0.6) is 0 Å². The van der Waals surface area contributed by atoms with Crippen molar-refractivity contribution < 1.29 is 38.8 Å². The third-order valence-electron chi connectivity index (χ3n) is 5.83. The van der Waals surface area contributed by atoms with Crippen molar-refractivity contribution >= 4 is 80.9 Å². The van der Waals surface area contributed by atoms with Crippen molar-refractivity contribution in [2.24, 2.45) is 12.2 Å². The molecule has 2 amide bonds. The van der Waals surface area contributed by atoms with E-state index in [0.29, 0.717) is 16.4 Å². The smallest absolute Gasteiger partial charge is 0.344 e. The molecule has 3 aromatic rings. The number of rotatable bonds is 10. The number of nitrogens with one attached hydrogen (secondary N) is 1. The Morgan fingerprint density at radius 2 is 2.15 bits per heavy atom. The molecule has 2 aliphatic rings. The molecule has 0 bridgehead atoms. The van der Waals surface area contributed by atoms with Gasteiger partial charge in [0.05, 0.1) is 24.8 Å². The van der Waals surface area contributed by atoms with Crippen LogP contribution in [0.1, 0.15) is 5.69 Å². The number of hydrogen-bond donors (Lipinski definition) is 4. The lowest BCUT2D eigenvalue weighted by Gasteiger charge is -2.50. The molecule has 5 rings (SSSR count). The van der Waals surface area contributed by atoms with Crippen LogP contribution in [0.3, 0.4) is 0 Å². The summed E-state index contributed by atoms with van der Waals surface area (Å²) in [5.41, 5.74) is 12.0.